The van der Waals surface area contributed by atoms with Gasteiger partial charge in [-0.1, -0.05) is 18.2 Å². The number of hydrogen-bond donors (Lipinski definition) is 0. The lowest BCUT2D eigenvalue weighted by molar-refractivity contribution is 0.105. The molecule has 0 saturated carbocycles. The van der Waals surface area contributed by atoms with Gasteiger partial charge in [0.15, 0.2) is 17.3 Å². The zero-order chi connectivity index (χ0) is 22.5. The smallest absolute Gasteiger partial charge is 0.196 e. The molecule has 0 N–H and O–H groups in total. The summed E-state index contributed by atoms with van der Waals surface area (Å²) in [7, 11) is 3.18. The van der Waals surface area contributed by atoms with Crippen molar-refractivity contribution in [2.75, 3.05) is 20.8 Å². The fraction of sp³-hybridized carbons (Fsp3) is 0.154. The molecule has 1 heterocycles. The summed E-state index contributed by atoms with van der Waals surface area (Å²) in [5.41, 5.74) is 2.77. The normalized spacial score (nSPS) is 11.4. The number of Topliss-reactive ketones (excluding diaryl/α,β-unsaturated/α-hetero) is 1. The van der Waals surface area contributed by atoms with Crippen LogP contribution in [0.5, 0.6) is 17.2 Å². The molecule has 1 aromatic heterocycles. The number of aromatic nitrogens is 1. The van der Waals surface area contributed by atoms with Crippen LogP contribution in [0.25, 0.3) is 21.9 Å². The Morgan fingerprint density at radius 1 is 0.969 bits per heavy atom. The van der Waals surface area contributed by atoms with Gasteiger partial charge < -0.3 is 14.2 Å². The zero-order valence-corrected chi connectivity index (χ0v) is 18.9. The third kappa shape index (κ3) is 4.50. The number of rotatable bonds is 8. The van der Waals surface area contributed by atoms with E-state index in [4.69, 9.17) is 19.2 Å². The molecule has 0 bridgehead atoms. The molecule has 4 aromatic rings. The second-order valence-electron chi connectivity index (χ2n) is 6.95. The highest BCUT2D eigenvalue weighted by atomic mass is 32.1. The summed E-state index contributed by atoms with van der Waals surface area (Å²) in [5, 5.41) is 0.667. The summed E-state index contributed by atoms with van der Waals surface area (Å²) in [6, 6.07) is 20.6. The monoisotopic (exact) mass is 445 g/mol. The molecule has 0 saturated heterocycles. The Bertz CT molecular complexity index is 1240. The van der Waals surface area contributed by atoms with E-state index in [1.165, 1.54) is 11.3 Å². The Morgan fingerprint density at radius 3 is 2.41 bits per heavy atom. The first-order chi connectivity index (χ1) is 15.6. The molecule has 5 nitrogen and oxygen atoms in total. The molecule has 0 amide bonds. The van der Waals surface area contributed by atoms with Crippen molar-refractivity contribution in [3.8, 4) is 17.2 Å². The molecule has 0 spiro atoms. The van der Waals surface area contributed by atoms with Crippen molar-refractivity contribution in [3.05, 3.63) is 82.9 Å². The summed E-state index contributed by atoms with van der Waals surface area (Å²) in [4.78, 5) is 18.3. The molecular formula is C26H23NO4S. The Balaban J connectivity index is 1.81. The number of hydrogen-bond acceptors (Lipinski definition) is 6. The van der Waals surface area contributed by atoms with Crippen LogP contribution in [0.15, 0.2) is 66.7 Å². The summed E-state index contributed by atoms with van der Waals surface area (Å²) < 4.78 is 17.3. The fourth-order valence-corrected chi connectivity index (χ4v) is 4.32. The van der Waals surface area contributed by atoms with E-state index in [-0.39, 0.29) is 5.78 Å². The molecule has 32 heavy (non-hydrogen) atoms. The van der Waals surface area contributed by atoms with E-state index >= 15 is 0 Å². The van der Waals surface area contributed by atoms with Crippen molar-refractivity contribution in [2.45, 2.75) is 6.92 Å². The maximum atomic E-state index is 13.6. The van der Waals surface area contributed by atoms with Crippen LogP contribution in [0.2, 0.25) is 0 Å². The molecule has 0 aliphatic rings. The fourth-order valence-electron chi connectivity index (χ4n) is 3.35. The molecular weight excluding hydrogens is 422 g/mol. The number of methoxy groups -OCH3 is 2. The SMILES string of the molecule is CCOc1ccc(C(=O)/C(=C/c2ccc(OC)c(OC)c2)c2nc3ccccc3s2)cc1. The zero-order valence-electron chi connectivity index (χ0n) is 18.1. The van der Waals surface area contributed by atoms with E-state index < -0.39 is 0 Å². The number of nitrogens with zero attached hydrogens (tertiary/aromatic N) is 1. The molecule has 4 rings (SSSR count). The Morgan fingerprint density at radius 2 is 1.72 bits per heavy atom. The van der Waals surface area contributed by atoms with E-state index in [0.717, 1.165) is 21.5 Å². The van der Waals surface area contributed by atoms with Crippen molar-refractivity contribution in [2.24, 2.45) is 0 Å². The topological polar surface area (TPSA) is 57.7 Å². The minimum absolute atomic E-state index is 0.109. The standard InChI is InChI=1S/C26H23NO4S/c1-4-31-19-12-10-18(11-13-19)25(28)20(26-27-21-7-5-6-8-24(21)32-26)15-17-9-14-22(29-2)23(16-17)30-3/h5-16H,4H2,1-3H3/b20-15-. The van der Waals surface area contributed by atoms with Gasteiger partial charge in [0.05, 0.1) is 36.6 Å². The number of ether oxygens (including phenoxy) is 3. The number of thiazole rings is 1. The number of benzene rings is 3. The molecule has 0 aliphatic heterocycles. The number of allylic oxidation sites excluding steroid dienone is 1. The van der Waals surface area contributed by atoms with Gasteiger partial charge >= 0.3 is 0 Å². The van der Waals surface area contributed by atoms with Gasteiger partial charge in [-0.05, 0) is 67.1 Å². The van der Waals surface area contributed by atoms with Crippen LogP contribution < -0.4 is 14.2 Å². The lowest BCUT2D eigenvalue weighted by Crippen LogP contribution is -2.03. The minimum Gasteiger partial charge on any atom is -0.494 e. The maximum Gasteiger partial charge on any atom is 0.196 e. The van der Waals surface area contributed by atoms with Crippen LogP contribution in [-0.2, 0) is 0 Å². The van der Waals surface area contributed by atoms with Crippen LogP contribution in [0, 0.1) is 0 Å². The highest BCUT2D eigenvalue weighted by Crippen LogP contribution is 2.33. The Kier molecular flexibility index (Phi) is 6.52. The number of fused-ring (bicyclic) bond motifs is 1. The number of ketones is 1. The highest BCUT2D eigenvalue weighted by Gasteiger charge is 2.19. The molecule has 0 radical (unpaired) electrons. The second kappa shape index (κ2) is 9.66. The largest absolute Gasteiger partial charge is 0.494 e. The lowest BCUT2D eigenvalue weighted by atomic mass is 10.0. The third-order valence-corrected chi connectivity index (χ3v) is 5.98. The van der Waals surface area contributed by atoms with Gasteiger partial charge in [-0.2, -0.15) is 0 Å². The summed E-state index contributed by atoms with van der Waals surface area (Å²) in [6.45, 7) is 2.50. The molecule has 0 unspecified atom stereocenters. The van der Waals surface area contributed by atoms with Gasteiger partial charge in [0.1, 0.15) is 10.8 Å². The van der Waals surface area contributed by atoms with Gasteiger partial charge in [0.2, 0.25) is 0 Å². The molecule has 6 heteroatoms. The van der Waals surface area contributed by atoms with Gasteiger partial charge in [-0.15, -0.1) is 11.3 Å². The number of para-hydroxylation sites is 1. The predicted octanol–water partition coefficient (Wildman–Crippen LogP) is 6.14. The number of carbonyl (C=O) groups excluding carboxylic acids is 1. The Hall–Kier alpha value is -3.64. The average Bonchev–Trinajstić information content (AvgIpc) is 3.26. The third-order valence-electron chi connectivity index (χ3n) is 4.92. The van der Waals surface area contributed by atoms with Gasteiger partial charge in [-0.25, -0.2) is 4.98 Å². The van der Waals surface area contributed by atoms with Crippen LogP contribution in [-0.4, -0.2) is 31.6 Å². The minimum atomic E-state index is -0.109. The first-order valence-corrected chi connectivity index (χ1v) is 11.0. The van der Waals surface area contributed by atoms with Crippen molar-refractivity contribution in [3.63, 3.8) is 0 Å². The van der Waals surface area contributed by atoms with Crippen LogP contribution in [0.4, 0.5) is 0 Å². The van der Waals surface area contributed by atoms with E-state index in [0.29, 0.717) is 34.3 Å². The quantitative estimate of drug-likeness (QED) is 0.241. The molecule has 0 fully saturated rings. The first kappa shape index (κ1) is 21.6. The Labute approximate surface area is 190 Å². The van der Waals surface area contributed by atoms with Crippen LogP contribution >= 0.6 is 11.3 Å². The van der Waals surface area contributed by atoms with Crippen LogP contribution in [0.1, 0.15) is 27.9 Å². The summed E-state index contributed by atoms with van der Waals surface area (Å²) in [6.07, 6.45) is 1.85. The maximum absolute atomic E-state index is 13.6. The summed E-state index contributed by atoms with van der Waals surface area (Å²) >= 11 is 1.50. The number of carbonyl (C=O) groups is 1. The van der Waals surface area contributed by atoms with Crippen molar-refractivity contribution >= 4 is 39.0 Å². The van der Waals surface area contributed by atoms with E-state index in [1.807, 2.05) is 67.6 Å². The lowest BCUT2D eigenvalue weighted by Gasteiger charge is -2.09. The van der Waals surface area contributed by atoms with Gasteiger partial charge in [-0.3, -0.25) is 4.79 Å². The van der Waals surface area contributed by atoms with Crippen molar-refractivity contribution in [1.82, 2.24) is 4.98 Å². The average molecular weight is 446 g/mol. The van der Waals surface area contributed by atoms with E-state index in [2.05, 4.69) is 0 Å². The molecule has 3 aromatic carbocycles. The molecule has 0 atom stereocenters. The predicted molar refractivity (Wildman–Crippen MR) is 129 cm³/mol. The van der Waals surface area contributed by atoms with E-state index in [1.54, 1.807) is 26.4 Å². The molecule has 0 aliphatic carbocycles. The van der Waals surface area contributed by atoms with E-state index in [9.17, 15) is 4.79 Å². The summed E-state index contributed by atoms with van der Waals surface area (Å²) in [5.74, 6) is 1.85. The van der Waals surface area contributed by atoms with Gasteiger partial charge in [0, 0.05) is 5.56 Å². The van der Waals surface area contributed by atoms with Crippen LogP contribution in [0.3, 0.4) is 0 Å². The second-order valence-corrected chi connectivity index (χ2v) is 7.98. The highest BCUT2D eigenvalue weighted by molar-refractivity contribution is 7.20. The van der Waals surface area contributed by atoms with Crippen molar-refractivity contribution < 1.29 is 19.0 Å². The van der Waals surface area contributed by atoms with Crippen molar-refractivity contribution in [1.29, 1.82) is 0 Å². The molecule has 162 valence electrons. The first-order valence-electron chi connectivity index (χ1n) is 10.2. The van der Waals surface area contributed by atoms with Gasteiger partial charge in [0.25, 0.3) is 0 Å².